The van der Waals surface area contributed by atoms with Crippen molar-refractivity contribution < 1.29 is 9.59 Å². The predicted molar refractivity (Wildman–Crippen MR) is 112 cm³/mol. The van der Waals surface area contributed by atoms with Gasteiger partial charge < -0.3 is 16.4 Å². The zero-order valence-electron chi connectivity index (χ0n) is 17.1. The molecule has 0 aliphatic carbocycles. The number of nitrogens with zero attached hydrogens (tertiary/aromatic N) is 1. The molecule has 0 saturated carbocycles. The number of anilines is 1. The average molecular weight is 377 g/mol. The Morgan fingerprint density at radius 2 is 2.04 bits per heavy atom. The maximum Gasteiger partial charge on any atom is 0.224 e. The SMILES string of the molecule is CCCC(C)N(C)Cc1c(C=O)cccc1NC(=O)CCCNCCCN. The Kier molecular flexibility index (Phi) is 11.6. The summed E-state index contributed by atoms with van der Waals surface area (Å²) in [7, 11) is 2.06. The van der Waals surface area contributed by atoms with Crippen LogP contribution in [0.15, 0.2) is 18.2 Å². The third-order valence-corrected chi connectivity index (χ3v) is 4.79. The van der Waals surface area contributed by atoms with Crippen LogP contribution in [0.5, 0.6) is 0 Å². The highest BCUT2D eigenvalue weighted by atomic mass is 16.1. The number of rotatable bonds is 14. The van der Waals surface area contributed by atoms with Crippen LogP contribution in [0.25, 0.3) is 0 Å². The first-order valence-corrected chi connectivity index (χ1v) is 10.0. The van der Waals surface area contributed by atoms with Gasteiger partial charge in [-0.25, -0.2) is 0 Å². The average Bonchev–Trinajstić information content (AvgIpc) is 2.66. The maximum atomic E-state index is 12.3. The molecule has 0 heterocycles. The number of nitrogens with two attached hydrogens (primary N) is 1. The van der Waals surface area contributed by atoms with E-state index in [0.29, 0.717) is 31.1 Å². The molecule has 0 aliphatic rings. The van der Waals surface area contributed by atoms with Gasteiger partial charge in [-0.3, -0.25) is 14.5 Å². The molecule has 152 valence electrons. The molecule has 0 aromatic heterocycles. The van der Waals surface area contributed by atoms with Crippen molar-refractivity contribution in [1.29, 1.82) is 0 Å². The fraction of sp³-hybridized carbons (Fsp3) is 0.619. The van der Waals surface area contributed by atoms with Crippen molar-refractivity contribution in [3.63, 3.8) is 0 Å². The molecule has 6 heteroatoms. The van der Waals surface area contributed by atoms with E-state index in [1.807, 2.05) is 12.1 Å². The lowest BCUT2D eigenvalue weighted by Crippen LogP contribution is -2.29. The van der Waals surface area contributed by atoms with Gasteiger partial charge in [-0.2, -0.15) is 0 Å². The van der Waals surface area contributed by atoms with E-state index in [2.05, 4.69) is 36.4 Å². The van der Waals surface area contributed by atoms with Crippen molar-refractivity contribution in [2.75, 3.05) is 32.0 Å². The summed E-state index contributed by atoms with van der Waals surface area (Å²) in [5, 5.41) is 6.26. The lowest BCUT2D eigenvalue weighted by atomic mass is 10.0. The number of amides is 1. The minimum Gasteiger partial charge on any atom is -0.330 e. The number of hydrogen-bond donors (Lipinski definition) is 3. The highest BCUT2D eigenvalue weighted by Crippen LogP contribution is 2.22. The third kappa shape index (κ3) is 8.65. The monoisotopic (exact) mass is 376 g/mol. The van der Waals surface area contributed by atoms with Crippen LogP contribution in [0.4, 0.5) is 5.69 Å². The Hall–Kier alpha value is -1.76. The molecule has 0 aliphatic heterocycles. The lowest BCUT2D eigenvalue weighted by Gasteiger charge is -2.26. The predicted octanol–water partition coefficient (Wildman–Crippen LogP) is 2.78. The molecule has 27 heavy (non-hydrogen) atoms. The van der Waals surface area contributed by atoms with Crippen molar-refractivity contribution in [2.45, 2.75) is 58.5 Å². The van der Waals surface area contributed by atoms with Crippen LogP contribution in [-0.2, 0) is 11.3 Å². The molecule has 1 aromatic rings. The molecule has 0 fully saturated rings. The van der Waals surface area contributed by atoms with Crippen LogP contribution in [0.2, 0.25) is 0 Å². The Balaban J connectivity index is 2.68. The van der Waals surface area contributed by atoms with E-state index in [1.54, 1.807) is 6.07 Å². The van der Waals surface area contributed by atoms with Crippen molar-refractivity contribution in [3.8, 4) is 0 Å². The van der Waals surface area contributed by atoms with Crippen molar-refractivity contribution >= 4 is 17.9 Å². The fourth-order valence-electron chi connectivity index (χ4n) is 2.99. The summed E-state index contributed by atoms with van der Waals surface area (Å²) in [5.74, 6) is -0.0239. The van der Waals surface area contributed by atoms with Crippen molar-refractivity contribution in [3.05, 3.63) is 29.3 Å². The number of carbonyl (C=O) groups is 2. The standard InChI is InChI=1S/C21H36N4O2/c1-4-8-17(2)25(3)15-19-18(16-26)9-5-10-20(19)24-21(27)11-6-13-23-14-7-12-22/h5,9-10,16-17,23H,4,6-8,11-15,22H2,1-3H3,(H,24,27). The molecule has 0 bridgehead atoms. The summed E-state index contributed by atoms with van der Waals surface area (Å²) >= 11 is 0. The molecule has 6 nitrogen and oxygen atoms in total. The summed E-state index contributed by atoms with van der Waals surface area (Å²) in [4.78, 5) is 26.0. The zero-order valence-corrected chi connectivity index (χ0v) is 17.1. The van der Waals surface area contributed by atoms with E-state index >= 15 is 0 Å². The van der Waals surface area contributed by atoms with Crippen LogP contribution in [0, 0.1) is 0 Å². The van der Waals surface area contributed by atoms with Gasteiger partial charge in [0.15, 0.2) is 0 Å². The van der Waals surface area contributed by atoms with Crippen LogP contribution in [-0.4, -0.2) is 49.8 Å². The van der Waals surface area contributed by atoms with Gasteiger partial charge in [0, 0.05) is 35.8 Å². The van der Waals surface area contributed by atoms with E-state index in [-0.39, 0.29) is 5.91 Å². The van der Waals surface area contributed by atoms with Gasteiger partial charge >= 0.3 is 0 Å². The lowest BCUT2D eigenvalue weighted by molar-refractivity contribution is -0.116. The first-order chi connectivity index (χ1) is 13.0. The van der Waals surface area contributed by atoms with E-state index < -0.39 is 0 Å². The highest BCUT2D eigenvalue weighted by molar-refractivity contribution is 5.93. The minimum absolute atomic E-state index is 0.0239. The summed E-state index contributed by atoms with van der Waals surface area (Å²) in [6.45, 7) is 7.34. The number of aldehydes is 1. The van der Waals surface area contributed by atoms with E-state index in [4.69, 9.17) is 5.73 Å². The summed E-state index contributed by atoms with van der Waals surface area (Å²) in [6, 6.07) is 5.90. The summed E-state index contributed by atoms with van der Waals surface area (Å²) < 4.78 is 0. The smallest absolute Gasteiger partial charge is 0.224 e. The van der Waals surface area contributed by atoms with Gasteiger partial charge in [-0.05, 0) is 58.9 Å². The maximum absolute atomic E-state index is 12.3. The molecule has 1 rings (SSSR count). The van der Waals surface area contributed by atoms with Crippen LogP contribution < -0.4 is 16.4 Å². The molecular formula is C21H36N4O2. The Bertz CT molecular complexity index is 577. The van der Waals surface area contributed by atoms with Crippen LogP contribution >= 0.6 is 0 Å². The number of carbonyl (C=O) groups excluding carboxylic acids is 2. The zero-order chi connectivity index (χ0) is 20.1. The number of benzene rings is 1. The second-order valence-corrected chi connectivity index (χ2v) is 7.09. The second-order valence-electron chi connectivity index (χ2n) is 7.09. The van der Waals surface area contributed by atoms with Gasteiger partial charge in [0.2, 0.25) is 5.91 Å². The third-order valence-electron chi connectivity index (χ3n) is 4.79. The minimum atomic E-state index is -0.0239. The molecule has 1 unspecified atom stereocenters. The summed E-state index contributed by atoms with van der Waals surface area (Å²) in [5.41, 5.74) is 7.70. The van der Waals surface area contributed by atoms with Crippen LogP contribution in [0.1, 0.15) is 61.9 Å². The topological polar surface area (TPSA) is 87.5 Å². The van der Waals surface area contributed by atoms with E-state index in [0.717, 1.165) is 56.3 Å². The first kappa shape index (κ1) is 23.3. The van der Waals surface area contributed by atoms with Gasteiger partial charge in [0.25, 0.3) is 0 Å². The van der Waals surface area contributed by atoms with Gasteiger partial charge in [0.05, 0.1) is 0 Å². The van der Waals surface area contributed by atoms with Crippen molar-refractivity contribution in [1.82, 2.24) is 10.2 Å². The van der Waals surface area contributed by atoms with E-state index in [9.17, 15) is 9.59 Å². The normalized spacial score (nSPS) is 12.2. The first-order valence-electron chi connectivity index (χ1n) is 10.0. The quantitative estimate of drug-likeness (QED) is 0.343. The Labute approximate surface area is 163 Å². The second kappa shape index (κ2) is 13.4. The number of hydrogen-bond acceptors (Lipinski definition) is 5. The van der Waals surface area contributed by atoms with Gasteiger partial charge in [-0.15, -0.1) is 0 Å². The van der Waals surface area contributed by atoms with Crippen molar-refractivity contribution in [2.24, 2.45) is 5.73 Å². The number of nitrogens with one attached hydrogen (secondary N) is 2. The Morgan fingerprint density at radius 1 is 1.30 bits per heavy atom. The van der Waals surface area contributed by atoms with Crippen LogP contribution in [0.3, 0.4) is 0 Å². The molecule has 1 amide bonds. The van der Waals surface area contributed by atoms with Gasteiger partial charge in [-0.1, -0.05) is 25.5 Å². The molecule has 0 radical (unpaired) electrons. The molecular weight excluding hydrogens is 340 g/mol. The Morgan fingerprint density at radius 3 is 2.70 bits per heavy atom. The molecule has 1 atom stereocenters. The molecule has 0 spiro atoms. The molecule has 0 saturated heterocycles. The highest BCUT2D eigenvalue weighted by Gasteiger charge is 2.15. The largest absolute Gasteiger partial charge is 0.330 e. The van der Waals surface area contributed by atoms with E-state index in [1.165, 1.54) is 0 Å². The van der Waals surface area contributed by atoms with Gasteiger partial charge in [0.1, 0.15) is 6.29 Å². The molecule has 4 N–H and O–H groups in total. The summed E-state index contributed by atoms with van der Waals surface area (Å²) in [6.07, 6.45) is 5.24. The fourth-order valence-corrected chi connectivity index (χ4v) is 2.99. The molecule has 1 aromatic carbocycles.